The van der Waals surface area contributed by atoms with Crippen molar-refractivity contribution >= 4 is 5.82 Å². The van der Waals surface area contributed by atoms with Crippen LogP contribution in [0.3, 0.4) is 0 Å². The molecule has 0 saturated carbocycles. The number of rotatable bonds is 3. The molecule has 3 heteroatoms. The number of nitrogens with two attached hydrogens (primary N) is 1. The van der Waals surface area contributed by atoms with E-state index in [-0.39, 0.29) is 0 Å². The van der Waals surface area contributed by atoms with E-state index < -0.39 is 0 Å². The van der Waals surface area contributed by atoms with Crippen LogP contribution in [-0.4, -0.2) is 5.16 Å². The van der Waals surface area contributed by atoms with E-state index in [0.717, 1.165) is 23.3 Å². The Morgan fingerprint density at radius 1 is 1.24 bits per heavy atom. The van der Waals surface area contributed by atoms with Crippen molar-refractivity contribution in [1.82, 2.24) is 5.16 Å². The highest BCUT2D eigenvalue weighted by Gasteiger charge is 2.16. The molecule has 17 heavy (non-hydrogen) atoms. The maximum atomic E-state index is 5.88. The summed E-state index contributed by atoms with van der Waals surface area (Å²) in [6.45, 7) is 6.37. The molecule has 2 aromatic rings. The molecule has 0 bridgehead atoms. The van der Waals surface area contributed by atoms with Gasteiger partial charge in [0.1, 0.15) is 5.76 Å². The summed E-state index contributed by atoms with van der Waals surface area (Å²) in [6.07, 6.45) is 0.855. The number of aryl methyl sites for hydroxylation is 1. The highest BCUT2D eigenvalue weighted by atomic mass is 16.5. The number of nitrogen functional groups attached to an aromatic ring is 1. The van der Waals surface area contributed by atoms with Gasteiger partial charge >= 0.3 is 0 Å². The second kappa shape index (κ2) is 4.62. The SMILES string of the molecule is Cc1ccc(-c2c(N)noc2CC(C)C)cc1. The average molecular weight is 230 g/mol. The van der Waals surface area contributed by atoms with Gasteiger partial charge in [-0.3, -0.25) is 0 Å². The fourth-order valence-corrected chi connectivity index (χ4v) is 1.88. The van der Waals surface area contributed by atoms with Crippen molar-refractivity contribution in [3.05, 3.63) is 35.6 Å². The van der Waals surface area contributed by atoms with E-state index in [1.165, 1.54) is 5.56 Å². The molecule has 0 radical (unpaired) electrons. The third-order valence-corrected chi connectivity index (χ3v) is 2.72. The van der Waals surface area contributed by atoms with Crippen molar-refractivity contribution in [3.8, 4) is 11.1 Å². The summed E-state index contributed by atoms with van der Waals surface area (Å²) in [5.74, 6) is 1.87. The van der Waals surface area contributed by atoms with Gasteiger partial charge in [-0.25, -0.2) is 0 Å². The molecule has 3 nitrogen and oxygen atoms in total. The predicted octanol–water partition coefficient (Wildman–Crippen LogP) is 3.43. The summed E-state index contributed by atoms with van der Waals surface area (Å²) in [4.78, 5) is 0. The van der Waals surface area contributed by atoms with Gasteiger partial charge < -0.3 is 10.3 Å². The van der Waals surface area contributed by atoms with Gasteiger partial charge in [0.2, 0.25) is 0 Å². The minimum atomic E-state index is 0.476. The lowest BCUT2D eigenvalue weighted by molar-refractivity contribution is 0.372. The van der Waals surface area contributed by atoms with Gasteiger partial charge in [0.15, 0.2) is 5.82 Å². The molecule has 2 N–H and O–H groups in total. The highest BCUT2D eigenvalue weighted by Crippen LogP contribution is 2.31. The number of aromatic nitrogens is 1. The summed E-state index contributed by atoms with van der Waals surface area (Å²) in [6, 6.07) is 8.26. The van der Waals surface area contributed by atoms with Crippen LogP contribution in [0.5, 0.6) is 0 Å². The van der Waals surface area contributed by atoms with Gasteiger partial charge in [-0.2, -0.15) is 0 Å². The quantitative estimate of drug-likeness (QED) is 0.878. The van der Waals surface area contributed by atoms with Gasteiger partial charge in [0, 0.05) is 6.42 Å². The van der Waals surface area contributed by atoms with Crippen molar-refractivity contribution < 1.29 is 4.52 Å². The third kappa shape index (κ3) is 2.49. The first-order valence-electron chi connectivity index (χ1n) is 5.89. The third-order valence-electron chi connectivity index (χ3n) is 2.72. The molecular weight excluding hydrogens is 212 g/mol. The highest BCUT2D eigenvalue weighted by molar-refractivity contribution is 5.75. The predicted molar refractivity (Wildman–Crippen MR) is 69.6 cm³/mol. The molecule has 0 amide bonds. The van der Waals surface area contributed by atoms with Gasteiger partial charge in [0.25, 0.3) is 0 Å². The van der Waals surface area contributed by atoms with Crippen LogP contribution in [0.25, 0.3) is 11.1 Å². The van der Waals surface area contributed by atoms with Crippen LogP contribution in [0.2, 0.25) is 0 Å². The molecule has 0 aliphatic carbocycles. The first-order valence-corrected chi connectivity index (χ1v) is 5.89. The summed E-state index contributed by atoms with van der Waals surface area (Å²) in [5, 5.41) is 3.87. The largest absolute Gasteiger partial charge is 0.380 e. The number of nitrogens with zero attached hydrogens (tertiary/aromatic N) is 1. The first-order chi connectivity index (χ1) is 8.08. The van der Waals surface area contributed by atoms with Crippen LogP contribution in [0.4, 0.5) is 5.82 Å². The zero-order valence-electron chi connectivity index (χ0n) is 10.5. The van der Waals surface area contributed by atoms with Crippen LogP contribution in [0.1, 0.15) is 25.2 Å². The Hall–Kier alpha value is -1.77. The zero-order valence-corrected chi connectivity index (χ0v) is 10.5. The maximum absolute atomic E-state index is 5.88. The number of hydrogen-bond acceptors (Lipinski definition) is 3. The van der Waals surface area contributed by atoms with Crippen LogP contribution in [0.15, 0.2) is 28.8 Å². The van der Waals surface area contributed by atoms with Crippen molar-refractivity contribution in [3.63, 3.8) is 0 Å². The number of benzene rings is 1. The van der Waals surface area contributed by atoms with E-state index in [9.17, 15) is 0 Å². The van der Waals surface area contributed by atoms with E-state index >= 15 is 0 Å². The molecule has 0 spiro atoms. The standard InChI is InChI=1S/C14H18N2O/c1-9(2)8-12-13(14(15)16-17-12)11-6-4-10(3)5-7-11/h4-7,9H,8H2,1-3H3,(H2,15,16). The lowest BCUT2D eigenvalue weighted by atomic mass is 9.99. The molecule has 1 heterocycles. The molecule has 0 fully saturated rings. The van der Waals surface area contributed by atoms with Crippen LogP contribution in [-0.2, 0) is 6.42 Å². The Balaban J connectivity index is 2.43. The fourth-order valence-electron chi connectivity index (χ4n) is 1.88. The fraction of sp³-hybridized carbons (Fsp3) is 0.357. The minimum Gasteiger partial charge on any atom is -0.380 e. The maximum Gasteiger partial charge on any atom is 0.175 e. The second-order valence-corrected chi connectivity index (χ2v) is 4.83. The Morgan fingerprint density at radius 3 is 2.47 bits per heavy atom. The molecule has 0 atom stereocenters. The van der Waals surface area contributed by atoms with Crippen LogP contribution < -0.4 is 5.73 Å². The number of anilines is 1. The van der Waals surface area contributed by atoms with Crippen LogP contribution >= 0.6 is 0 Å². The second-order valence-electron chi connectivity index (χ2n) is 4.83. The van der Waals surface area contributed by atoms with E-state index in [0.29, 0.717) is 11.7 Å². The first kappa shape index (κ1) is 11.7. The smallest absolute Gasteiger partial charge is 0.175 e. The molecule has 0 unspecified atom stereocenters. The van der Waals surface area contributed by atoms with Gasteiger partial charge in [-0.15, -0.1) is 0 Å². The van der Waals surface area contributed by atoms with E-state index in [1.807, 2.05) is 0 Å². The monoisotopic (exact) mass is 230 g/mol. The lowest BCUT2D eigenvalue weighted by Gasteiger charge is -2.05. The molecule has 2 rings (SSSR count). The van der Waals surface area contributed by atoms with Crippen LogP contribution in [0, 0.1) is 12.8 Å². The molecule has 0 aliphatic rings. The normalized spacial score (nSPS) is 11.1. The zero-order chi connectivity index (χ0) is 12.4. The molecule has 1 aromatic carbocycles. The molecule has 90 valence electrons. The topological polar surface area (TPSA) is 52.0 Å². The number of hydrogen-bond donors (Lipinski definition) is 1. The Labute approximate surface area is 102 Å². The Morgan fingerprint density at radius 2 is 1.88 bits per heavy atom. The summed E-state index contributed by atoms with van der Waals surface area (Å²) >= 11 is 0. The molecule has 0 aliphatic heterocycles. The average Bonchev–Trinajstić information content (AvgIpc) is 2.61. The van der Waals surface area contributed by atoms with E-state index in [4.69, 9.17) is 10.3 Å². The minimum absolute atomic E-state index is 0.476. The van der Waals surface area contributed by atoms with E-state index in [1.54, 1.807) is 0 Å². The van der Waals surface area contributed by atoms with Crippen molar-refractivity contribution in [2.24, 2.45) is 5.92 Å². The van der Waals surface area contributed by atoms with Crippen molar-refractivity contribution in [1.29, 1.82) is 0 Å². The van der Waals surface area contributed by atoms with Gasteiger partial charge in [-0.1, -0.05) is 48.8 Å². The van der Waals surface area contributed by atoms with E-state index in [2.05, 4.69) is 50.2 Å². The van der Waals surface area contributed by atoms with Gasteiger partial charge in [-0.05, 0) is 18.4 Å². The lowest BCUT2D eigenvalue weighted by Crippen LogP contribution is -1.95. The Kier molecular flexibility index (Phi) is 3.18. The van der Waals surface area contributed by atoms with Crippen molar-refractivity contribution in [2.75, 3.05) is 5.73 Å². The summed E-state index contributed by atoms with van der Waals surface area (Å²) in [7, 11) is 0. The molecule has 0 saturated heterocycles. The van der Waals surface area contributed by atoms with Gasteiger partial charge in [0.05, 0.1) is 5.56 Å². The Bertz CT molecular complexity index is 497. The summed E-state index contributed by atoms with van der Waals surface area (Å²) in [5.41, 5.74) is 9.13. The van der Waals surface area contributed by atoms with Crippen molar-refractivity contribution in [2.45, 2.75) is 27.2 Å². The molecule has 1 aromatic heterocycles. The molecular formula is C14H18N2O. The summed E-state index contributed by atoms with van der Waals surface area (Å²) < 4.78 is 5.32.